The van der Waals surface area contributed by atoms with Gasteiger partial charge in [0.2, 0.25) is 0 Å². The lowest BCUT2D eigenvalue weighted by molar-refractivity contribution is 0.0591. The molecule has 0 radical (unpaired) electrons. The van der Waals surface area contributed by atoms with Gasteiger partial charge in [-0.05, 0) is 49.7 Å². The summed E-state index contributed by atoms with van der Waals surface area (Å²) in [5.74, 6) is 1.28. The molecule has 3 aromatic rings. The number of aromatic nitrogens is 2. The van der Waals surface area contributed by atoms with Crippen molar-refractivity contribution >= 4 is 34.6 Å². The molecule has 1 N–H and O–H groups in total. The molecule has 0 amide bonds. The quantitative estimate of drug-likeness (QED) is 0.329. The molecule has 4 rings (SSSR count). The second-order valence-corrected chi connectivity index (χ2v) is 8.67. The second kappa shape index (κ2) is 11.9. The molecule has 0 spiro atoms. The molecule has 0 unspecified atom stereocenters. The minimum Gasteiger partial charge on any atom is -0.457 e. The SMILES string of the molecule is C=C(/N=C1/C(Nc2ccc(Oc3ccc4c(c3)ncn4C)c(C)c2)=NC=N/C1=C/C)N(CC(F)F)CC(F)F. The van der Waals surface area contributed by atoms with Crippen LogP contribution in [0.5, 0.6) is 11.5 Å². The number of nitrogens with one attached hydrogen (secondary N) is 1. The van der Waals surface area contributed by atoms with E-state index < -0.39 is 25.9 Å². The van der Waals surface area contributed by atoms with Crippen LogP contribution in [-0.2, 0) is 7.05 Å². The Labute approximate surface area is 222 Å². The van der Waals surface area contributed by atoms with Crippen molar-refractivity contribution in [2.45, 2.75) is 26.7 Å². The maximum Gasteiger partial charge on any atom is 0.255 e. The molecule has 0 aliphatic carbocycles. The van der Waals surface area contributed by atoms with E-state index in [0.29, 0.717) is 22.9 Å². The summed E-state index contributed by atoms with van der Waals surface area (Å²) >= 11 is 0. The molecular weight excluding hydrogens is 514 g/mol. The van der Waals surface area contributed by atoms with Crippen molar-refractivity contribution in [3.05, 3.63) is 72.5 Å². The molecule has 0 fully saturated rings. The average molecular weight is 542 g/mol. The Hall–Kier alpha value is -4.48. The Morgan fingerprint density at radius 3 is 2.56 bits per heavy atom. The second-order valence-electron chi connectivity index (χ2n) is 8.67. The smallest absolute Gasteiger partial charge is 0.255 e. The Kier molecular flexibility index (Phi) is 8.43. The monoisotopic (exact) mass is 541 g/mol. The lowest BCUT2D eigenvalue weighted by Crippen LogP contribution is -2.33. The van der Waals surface area contributed by atoms with Crippen LogP contribution in [0.25, 0.3) is 11.0 Å². The van der Waals surface area contributed by atoms with E-state index >= 15 is 0 Å². The Morgan fingerprint density at radius 2 is 1.90 bits per heavy atom. The highest BCUT2D eigenvalue weighted by molar-refractivity contribution is 6.52. The number of amidine groups is 1. The van der Waals surface area contributed by atoms with Crippen LogP contribution in [0.3, 0.4) is 0 Å². The van der Waals surface area contributed by atoms with Gasteiger partial charge in [-0.15, -0.1) is 0 Å². The zero-order valence-corrected chi connectivity index (χ0v) is 21.6. The summed E-state index contributed by atoms with van der Waals surface area (Å²) in [6.45, 7) is 5.37. The van der Waals surface area contributed by atoms with E-state index in [1.807, 2.05) is 42.8 Å². The highest BCUT2D eigenvalue weighted by Crippen LogP contribution is 2.29. The number of rotatable bonds is 9. The van der Waals surface area contributed by atoms with Gasteiger partial charge in [0, 0.05) is 18.8 Å². The molecule has 2 aromatic carbocycles. The fraction of sp³-hybridized carbons (Fsp3) is 0.259. The van der Waals surface area contributed by atoms with E-state index in [-0.39, 0.29) is 17.4 Å². The normalized spacial score (nSPS) is 15.5. The third kappa shape index (κ3) is 6.70. The van der Waals surface area contributed by atoms with Gasteiger partial charge in [0.15, 0.2) is 5.84 Å². The van der Waals surface area contributed by atoms with Crippen molar-refractivity contribution in [2.75, 3.05) is 18.4 Å². The lowest BCUT2D eigenvalue weighted by Gasteiger charge is -2.24. The van der Waals surface area contributed by atoms with Crippen molar-refractivity contribution < 1.29 is 22.3 Å². The number of ether oxygens (including phenoxy) is 1. The predicted octanol–water partition coefficient (Wildman–Crippen LogP) is 6.17. The van der Waals surface area contributed by atoms with Crippen LogP contribution in [0.4, 0.5) is 23.2 Å². The predicted molar refractivity (Wildman–Crippen MR) is 145 cm³/mol. The number of hydrogen-bond donors (Lipinski definition) is 1. The lowest BCUT2D eigenvalue weighted by atomic mass is 10.1. The van der Waals surface area contributed by atoms with Crippen molar-refractivity contribution in [2.24, 2.45) is 22.0 Å². The van der Waals surface area contributed by atoms with E-state index in [2.05, 4.69) is 31.9 Å². The summed E-state index contributed by atoms with van der Waals surface area (Å²) in [4.78, 5) is 17.7. The Bertz CT molecular complexity index is 1480. The summed E-state index contributed by atoms with van der Waals surface area (Å²) in [6.07, 6.45) is -0.989. The first-order valence-electron chi connectivity index (χ1n) is 12.0. The summed E-state index contributed by atoms with van der Waals surface area (Å²) in [6, 6.07) is 11.1. The molecule has 39 heavy (non-hydrogen) atoms. The van der Waals surface area contributed by atoms with Gasteiger partial charge < -0.3 is 19.5 Å². The third-order valence-electron chi connectivity index (χ3n) is 5.81. The highest BCUT2D eigenvalue weighted by atomic mass is 19.3. The molecule has 0 atom stereocenters. The molecule has 2 heterocycles. The van der Waals surface area contributed by atoms with Crippen LogP contribution in [-0.4, -0.2) is 58.3 Å². The van der Waals surface area contributed by atoms with E-state index in [0.717, 1.165) is 21.5 Å². The van der Waals surface area contributed by atoms with Crippen LogP contribution >= 0.6 is 0 Å². The zero-order valence-electron chi connectivity index (χ0n) is 21.6. The van der Waals surface area contributed by atoms with Gasteiger partial charge in [-0.2, -0.15) is 0 Å². The van der Waals surface area contributed by atoms with Gasteiger partial charge in [-0.1, -0.05) is 12.7 Å². The van der Waals surface area contributed by atoms with Gasteiger partial charge in [-0.3, -0.25) is 0 Å². The minimum atomic E-state index is -2.84. The molecule has 0 saturated heterocycles. The standard InChI is InChI=1S/C27H27F4N7O/c1-5-20-26(35-17(3)38(12-24(28)29)13-25(30)31)27(33-14-32-20)36-18-6-9-23(16(2)10-18)39-19-7-8-22-21(11-19)34-15-37(22)4/h5-11,14-15,24-25H,3,12-13H2,1-2,4H3,(H,32,33,36)/b20-5+,35-26+. The van der Waals surface area contributed by atoms with Crippen molar-refractivity contribution in [1.29, 1.82) is 0 Å². The molecule has 0 bridgehead atoms. The van der Waals surface area contributed by atoms with Crippen molar-refractivity contribution in [1.82, 2.24) is 14.5 Å². The largest absolute Gasteiger partial charge is 0.457 e. The Balaban J connectivity index is 1.55. The van der Waals surface area contributed by atoms with E-state index in [4.69, 9.17) is 4.74 Å². The topological polar surface area (TPSA) is 79.4 Å². The van der Waals surface area contributed by atoms with Gasteiger partial charge in [0.1, 0.15) is 29.4 Å². The van der Waals surface area contributed by atoms with E-state index in [1.54, 1.807) is 31.5 Å². The number of halogens is 4. The van der Waals surface area contributed by atoms with Gasteiger partial charge in [0.05, 0.1) is 36.1 Å². The molecule has 0 saturated carbocycles. The van der Waals surface area contributed by atoms with Crippen LogP contribution < -0.4 is 10.1 Å². The summed E-state index contributed by atoms with van der Waals surface area (Å²) in [5, 5.41) is 3.14. The van der Waals surface area contributed by atoms with Gasteiger partial charge >= 0.3 is 0 Å². The first kappa shape index (κ1) is 27.6. The third-order valence-corrected chi connectivity index (χ3v) is 5.81. The molecule has 1 aliphatic rings. The molecule has 12 heteroatoms. The van der Waals surface area contributed by atoms with Crippen LogP contribution in [0, 0.1) is 6.92 Å². The van der Waals surface area contributed by atoms with Crippen LogP contribution in [0.1, 0.15) is 12.5 Å². The highest BCUT2D eigenvalue weighted by Gasteiger charge is 2.22. The molecule has 204 valence electrons. The number of benzene rings is 2. The van der Waals surface area contributed by atoms with E-state index in [9.17, 15) is 17.6 Å². The number of nitrogens with zero attached hydrogens (tertiary/aromatic N) is 6. The minimum absolute atomic E-state index is 0.181. The maximum absolute atomic E-state index is 13.0. The summed E-state index contributed by atoms with van der Waals surface area (Å²) < 4.78 is 60.0. The first-order chi connectivity index (χ1) is 18.6. The number of fused-ring (bicyclic) bond motifs is 1. The molecule has 1 aromatic heterocycles. The number of anilines is 1. The summed E-state index contributed by atoms with van der Waals surface area (Å²) in [5.41, 5.74) is 3.82. The molecule has 8 nitrogen and oxygen atoms in total. The number of hydrogen-bond acceptors (Lipinski definition) is 7. The van der Waals surface area contributed by atoms with Crippen LogP contribution in [0.2, 0.25) is 0 Å². The fourth-order valence-corrected chi connectivity index (χ4v) is 3.91. The zero-order chi connectivity index (χ0) is 28.1. The molecular formula is C27H27F4N7O. The fourth-order valence-electron chi connectivity index (χ4n) is 3.91. The maximum atomic E-state index is 13.0. The first-order valence-corrected chi connectivity index (χ1v) is 12.0. The van der Waals surface area contributed by atoms with E-state index in [1.165, 1.54) is 6.34 Å². The number of imidazole rings is 1. The van der Waals surface area contributed by atoms with Crippen molar-refractivity contribution in [3.63, 3.8) is 0 Å². The van der Waals surface area contributed by atoms with Crippen LogP contribution in [0.15, 0.2) is 81.9 Å². The number of aryl methyl sites for hydroxylation is 2. The van der Waals surface area contributed by atoms with Gasteiger partial charge in [0.25, 0.3) is 12.9 Å². The molecule has 1 aliphatic heterocycles. The summed E-state index contributed by atoms with van der Waals surface area (Å²) in [7, 11) is 1.92. The Morgan fingerprint density at radius 1 is 1.15 bits per heavy atom. The average Bonchev–Trinajstić information content (AvgIpc) is 3.25. The number of allylic oxidation sites excluding steroid dienone is 1. The van der Waals surface area contributed by atoms with Gasteiger partial charge in [-0.25, -0.2) is 37.5 Å². The van der Waals surface area contributed by atoms with Crippen molar-refractivity contribution in [3.8, 4) is 11.5 Å². The number of aliphatic imine (C=N–C) groups is 3. The number of alkyl halides is 4.